The van der Waals surface area contributed by atoms with Crippen molar-refractivity contribution in [2.45, 2.75) is 20.4 Å². The summed E-state index contributed by atoms with van der Waals surface area (Å²) in [4.78, 5) is 40.5. The van der Waals surface area contributed by atoms with Crippen LogP contribution in [-0.4, -0.2) is 45.9 Å². The van der Waals surface area contributed by atoms with Gasteiger partial charge in [0.15, 0.2) is 0 Å². The summed E-state index contributed by atoms with van der Waals surface area (Å²) >= 11 is 0. The molecule has 7 nitrogen and oxygen atoms in total. The molecule has 7 heteroatoms. The molecule has 0 atom stereocenters. The van der Waals surface area contributed by atoms with Crippen LogP contribution in [0.1, 0.15) is 50.6 Å². The second-order valence-electron chi connectivity index (χ2n) is 5.59. The number of carboxylic acids is 1. The molecule has 0 aliphatic carbocycles. The molecule has 0 aliphatic heterocycles. The molecule has 2 N–H and O–H groups in total. The smallest absolute Gasteiger partial charge is 0.354 e. The van der Waals surface area contributed by atoms with Crippen molar-refractivity contribution in [2.75, 3.05) is 13.1 Å². The van der Waals surface area contributed by atoms with Gasteiger partial charge in [0.25, 0.3) is 11.8 Å². The number of hydrogen-bond donors (Lipinski definition) is 2. The molecular weight excluding hydrogens is 334 g/mol. The van der Waals surface area contributed by atoms with Crippen LogP contribution in [0.5, 0.6) is 0 Å². The Hall–Kier alpha value is -3.22. The lowest BCUT2D eigenvalue weighted by Crippen LogP contribution is -2.30. The van der Waals surface area contributed by atoms with Crippen molar-refractivity contribution in [2.24, 2.45) is 0 Å². The van der Waals surface area contributed by atoms with E-state index in [1.807, 2.05) is 13.8 Å². The second kappa shape index (κ2) is 8.75. The van der Waals surface area contributed by atoms with E-state index in [2.05, 4.69) is 10.3 Å². The Balaban J connectivity index is 1.96. The third kappa shape index (κ3) is 4.66. The first-order valence-electron chi connectivity index (χ1n) is 8.32. The minimum atomic E-state index is -1.14. The Labute approximate surface area is 151 Å². The summed E-state index contributed by atoms with van der Waals surface area (Å²) in [6, 6.07) is 9.77. The predicted molar refractivity (Wildman–Crippen MR) is 96.1 cm³/mol. The molecule has 0 spiro atoms. The van der Waals surface area contributed by atoms with Gasteiger partial charge in [-0.1, -0.05) is 12.1 Å². The van der Waals surface area contributed by atoms with Gasteiger partial charge in [0, 0.05) is 31.4 Å². The van der Waals surface area contributed by atoms with E-state index in [0.717, 1.165) is 5.56 Å². The number of nitrogens with zero attached hydrogens (tertiary/aromatic N) is 2. The van der Waals surface area contributed by atoms with E-state index in [1.54, 1.807) is 29.2 Å². The van der Waals surface area contributed by atoms with Gasteiger partial charge >= 0.3 is 5.97 Å². The average molecular weight is 355 g/mol. The summed E-state index contributed by atoms with van der Waals surface area (Å²) < 4.78 is 0. The van der Waals surface area contributed by atoms with Gasteiger partial charge in [-0.05, 0) is 43.7 Å². The van der Waals surface area contributed by atoms with Crippen LogP contribution in [0.2, 0.25) is 0 Å². The topological polar surface area (TPSA) is 99.6 Å². The first kappa shape index (κ1) is 19.1. The summed E-state index contributed by atoms with van der Waals surface area (Å²) in [5.74, 6) is -1.51. The van der Waals surface area contributed by atoms with Crippen molar-refractivity contribution in [1.82, 2.24) is 15.2 Å². The Morgan fingerprint density at radius 2 is 1.62 bits per heavy atom. The molecule has 2 amide bonds. The number of aromatic carboxylic acids is 1. The number of pyridine rings is 1. The lowest BCUT2D eigenvalue weighted by molar-refractivity contribution is 0.0688. The predicted octanol–water partition coefficient (Wildman–Crippen LogP) is 2.19. The van der Waals surface area contributed by atoms with E-state index in [1.165, 1.54) is 18.3 Å². The van der Waals surface area contributed by atoms with Crippen molar-refractivity contribution < 1.29 is 19.5 Å². The molecule has 0 aliphatic rings. The SMILES string of the molecule is CCN(CC)C(=O)c1ccc(CNC(=O)c2ccc(C(=O)O)nc2)cc1. The number of benzene rings is 1. The third-order valence-electron chi connectivity index (χ3n) is 3.95. The fraction of sp³-hybridized carbons (Fsp3) is 0.263. The van der Waals surface area contributed by atoms with Crippen LogP contribution in [0, 0.1) is 0 Å². The third-order valence-corrected chi connectivity index (χ3v) is 3.95. The van der Waals surface area contributed by atoms with Crippen molar-refractivity contribution in [3.8, 4) is 0 Å². The highest BCUT2D eigenvalue weighted by Crippen LogP contribution is 2.08. The standard InChI is InChI=1S/C19H21N3O4/c1-3-22(4-2)18(24)14-7-5-13(6-8-14)11-21-17(23)15-9-10-16(19(25)26)20-12-15/h5-10,12H,3-4,11H2,1-2H3,(H,21,23)(H,25,26). The minimum Gasteiger partial charge on any atom is -0.477 e. The van der Waals surface area contributed by atoms with Crippen molar-refractivity contribution in [1.29, 1.82) is 0 Å². The number of hydrogen-bond acceptors (Lipinski definition) is 4. The van der Waals surface area contributed by atoms with Crippen molar-refractivity contribution in [3.63, 3.8) is 0 Å². The van der Waals surface area contributed by atoms with Gasteiger partial charge in [-0.3, -0.25) is 9.59 Å². The fourth-order valence-corrected chi connectivity index (χ4v) is 2.40. The molecule has 2 aromatic rings. The number of amides is 2. The maximum absolute atomic E-state index is 12.3. The minimum absolute atomic E-state index is 0.0184. The van der Waals surface area contributed by atoms with Crippen LogP contribution in [0.4, 0.5) is 0 Å². The zero-order valence-corrected chi connectivity index (χ0v) is 14.7. The molecule has 0 saturated carbocycles. The molecule has 1 heterocycles. The number of carboxylic acid groups (broad SMARTS) is 1. The number of rotatable bonds is 7. The van der Waals surface area contributed by atoms with E-state index >= 15 is 0 Å². The number of aromatic nitrogens is 1. The molecule has 1 aromatic heterocycles. The summed E-state index contributed by atoms with van der Waals surface area (Å²) in [7, 11) is 0. The van der Waals surface area contributed by atoms with Gasteiger partial charge in [0.05, 0.1) is 5.56 Å². The van der Waals surface area contributed by atoms with Gasteiger partial charge in [-0.25, -0.2) is 9.78 Å². The summed E-state index contributed by atoms with van der Waals surface area (Å²) in [6.45, 7) is 5.47. The highest BCUT2D eigenvalue weighted by Gasteiger charge is 2.12. The van der Waals surface area contributed by atoms with Gasteiger partial charge < -0.3 is 15.3 Å². The van der Waals surface area contributed by atoms with E-state index in [4.69, 9.17) is 5.11 Å². The van der Waals surface area contributed by atoms with Crippen LogP contribution < -0.4 is 5.32 Å². The van der Waals surface area contributed by atoms with Gasteiger partial charge in [-0.2, -0.15) is 0 Å². The van der Waals surface area contributed by atoms with Crippen LogP contribution in [0.15, 0.2) is 42.6 Å². The Morgan fingerprint density at radius 1 is 1.00 bits per heavy atom. The zero-order valence-electron chi connectivity index (χ0n) is 14.7. The first-order valence-corrected chi connectivity index (χ1v) is 8.32. The number of nitrogens with one attached hydrogen (secondary N) is 1. The average Bonchev–Trinajstić information content (AvgIpc) is 2.67. The van der Waals surface area contributed by atoms with Crippen LogP contribution in [-0.2, 0) is 6.54 Å². The van der Waals surface area contributed by atoms with E-state index in [-0.39, 0.29) is 23.1 Å². The number of carbonyl (C=O) groups is 3. The fourth-order valence-electron chi connectivity index (χ4n) is 2.40. The Kier molecular flexibility index (Phi) is 6.43. The number of carbonyl (C=O) groups excluding carboxylic acids is 2. The molecule has 0 unspecified atom stereocenters. The van der Waals surface area contributed by atoms with Crippen molar-refractivity contribution in [3.05, 3.63) is 65.0 Å². The van der Waals surface area contributed by atoms with Crippen molar-refractivity contribution >= 4 is 17.8 Å². The van der Waals surface area contributed by atoms with Gasteiger partial charge in [0.1, 0.15) is 5.69 Å². The molecule has 0 saturated heterocycles. The second-order valence-corrected chi connectivity index (χ2v) is 5.59. The summed E-state index contributed by atoms with van der Waals surface area (Å²) in [5.41, 5.74) is 1.63. The molecule has 136 valence electrons. The largest absolute Gasteiger partial charge is 0.477 e. The molecule has 1 aromatic carbocycles. The summed E-state index contributed by atoms with van der Waals surface area (Å²) in [5, 5.41) is 11.5. The molecular formula is C19H21N3O4. The van der Waals surface area contributed by atoms with Crippen LogP contribution >= 0.6 is 0 Å². The highest BCUT2D eigenvalue weighted by atomic mass is 16.4. The first-order chi connectivity index (χ1) is 12.5. The monoisotopic (exact) mass is 355 g/mol. The van der Waals surface area contributed by atoms with E-state index in [9.17, 15) is 14.4 Å². The normalized spacial score (nSPS) is 10.2. The van der Waals surface area contributed by atoms with Crippen LogP contribution in [0.3, 0.4) is 0 Å². The van der Waals surface area contributed by atoms with E-state index < -0.39 is 5.97 Å². The Morgan fingerprint density at radius 3 is 2.12 bits per heavy atom. The molecule has 0 radical (unpaired) electrons. The lowest BCUT2D eigenvalue weighted by atomic mass is 10.1. The maximum atomic E-state index is 12.3. The summed E-state index contributed by atoms with van der Waals surface area (Å²) in [6.07, 6.45) is 1.23. The molecule has 2 rings (SSSR count). The Bertz CT molecular complexity index is 781. The molecule has 26 heavy (non-hydrogen) atoms. The highest BCUT2D eigenvalue weighted by molar-refractivity contribution is 5.95. The molecule has 0 fully saturated rings. The van der Waals surface area contributed by atoms with E-state index in [0.29, 0.717) is 25.2 Å². The maximum Gasteiger partial charge on any atom is 0.354 e. The van der Waals surface area contributed by atoms with Gasteiger partial charge in [-0.15, -0.1) is 0 Å². The van der Waals surface area contributed by atoms with Gasteiger partial charge in [0.2, 0.25) is 0 Å². The van der Waals surface area contributed by atoms with Crippen LogP contribution in [0.25, 0.3) is 0 Å². The molecule has 0 bridgehead atoms. The zero-order chi connectivity index (χ0) is 19.1. The quantitative estimate of drug-likeness (QED) is 0.793. The lowest BCUT2D eigenvalue weighted by Gasteiger charge is -2.18.